The minimum atomic E-state index is -1.04. The molecule has 1 unspecified atom stereocenters. The van der Waals surface area contributed by atoms with Crippen LogP contribution in [-0.4, -0.2) is 42.9 Å². The molecule has 0 saturated carbocycles. The van der Waals surface area contributed by atoms with E-state index in [1.807, 2.05) is 0 Å². The van der Waals surface area contributed by atoms with Gasteiger partial charge in [0.2, 0.25) is 0 Å². The van der Waals surface area contributed by atoms with Crippen LogP contribution < -0.4 is 5.32 Å². The summed E-state index contributed by atoms with van der Waals surface area (Å²) in [6.45, 7) is 8.74. The van der Waals surface area contributed by atoms with Gasteiger partial charge in [0.15, 0.2) is 18.6 Å². The zero-order valence-electron chi connectivity index (χ0n) is 11.9. The number of hydrogen-bond donors (Lipinski definition) is 1. The number of carbonyl (C=O) groups excluding carboxylic acids is 2. The zero-order valence-corrected chi connectivity index (χ0v) is 11.9. The lowest BCUT2D eigenvalue weighted by Crippen LogP contribution is -2.58. The molecule has 110 valence electrons. The fourth-order valence-corrected chi connectivity index (χ4v) is 1.45. The molecule has 7 nitrogen and oxygen atoms in total. The van der Waals surface area contributed by atoms with Crippen molar-refractivity contribution >= 4 is 12.1 Å². The van der Waals surface area contributed by atoms with Crippen molar-refractivity contribution in [3.63, 3.8) is 0 Å². The molecule has 7 heteroatoms. The summed E-state index contributed by atoms with van der Waals surface area (Å²) < 4.78 is 20.3. The molecule has 1 amide bonds. The summed E-state index contributed by atoms with van der Waals surface area (Å²) in [4.78, 5) is 23.4. The molecule has 0 aromatic carbocycles. The van der Waals surface area contributed by atoms with Gasteiger partial charge in [-0.1, -0.05) is 0 Å². The van der Waals surface area contributed by atoms with Gasteiger partial charge in [-0.3, -0.25) is 0 Å². The van der Waals surface area contributed by atoms with Crippen LogP contribution in [0.4, 0.5) is 4.79 Å². The molecule has 1 atom stereocenters. The lowest BCUT2D eigenvalue weighted by molar-refractivity contribution is -0.380. The summed E-state index contributed by atoms with van der Waals surface area (Å²) in [5.41, 5.74) is -0.655. The van der Waals surface area contributed by atoms with Gasteiger partial charge in [-0.25, -0.2) is 9.59 Å². The summed E-state index contributed by atoms with van der Waals surface area (Å²) in [6.07, 6.45) is -1.97. The lowest BCUT2D eigenvalue weighted by atomic mass is 10.2. The smallest absolute Gasteiger partial charge is 0.408 e. The molecule has 1 aliphatic rings. The van der Waals surface area contributed by atoms with Crippen molar-refractivity contribution in [2.75, 3.05) is 6.61 Å². The summed E-state index contributed by atoms with van der Waals surface area (Å²) >= 11 is 0. The topological polar surface area (TPSA) is 83.1 Å². The molecule has 0 aromatic rings. The van der Waals surface area contributed by atoms with Gasteiger partial charge in [0.25, 0.3) is 0 Å². The van der Waals surface area contributed by atoms with Crippen molar-refractivity contribution in [2.24, 2.45) is 0 Å². The Morgan fingerprint density at radius 3 is 2.32 bits per heavy atom. The largest absolute Gasteiger partial charge is 0.464 e. The molecule has 0 aliphatic carbocycles. The van der Waals surface area contributed by atoms with E-state index in [1.165, 1.54) is 0 Å². The molecule has 1 aliphatic heterocycles. The first-order valence-electron chi connectivity index (χ1n) is 6.20. The second-order valence-corrected chi connectivity index (χ2v) is 5.08. The Morgan fingerprint density at radius 1 is 1.32 bits per heavy atom. The Bertz CT molecular complexity index is 332. The van der Waals surface area contributed by atoms with Crippen molar-refractivity contribution < 1.29 is 28.5 Å². The van der Waals surface area contributed by atoms with E-state index in [1.54, 1.807) is 34.6 Å². The SMILES string of the molecule is CCOC(=O)C(NC(=O)OC(C)(C)C)C1OC(C)O1. The number of alkyl carbamates (subject to hydrolysis) is 1. The standard InChI is InChI=1S/C12H21NO6/c1-6-16-9(14)8(10-17-7(2)18-10)13-11(15)19-12(3,4)5/h7-8,10H,6H2,1-5H3,(H,13,15). The first kappa shape index (κ1) is 15.7. The molecule has 0 bridgehead atoms. The van der Waals surface area contributed by atoms with Gasteiger partial charge in [0, 0.05) is 0 Å². The van der Waals surface area contributed by atoms with E-state index in [9.17, 15) is 9.59 Å². The van der Waals surface area contributed by atoms with E-state index in [4.69, 9.17) is 18.9 Å². The number of ether oxygens (including phenoxy) is 4. The second kappa shape index (κ2) is 6.21. The van der Waals surface area contributed by atoms with E-state index in [0.717, 1.165) is 0 Å². The zero-order chi connectivity index (χ0) is 14.6. The lowest BCUT2D eigenvalue weighted by Gasteiger charge is -2.37. The highest BCUT2D eigenvalue weighted by Gasteiger charge is 2.41. The van der Waals surface area contributed by atoms with Gasteiger partial charge in [0.05, 0.1) is 6.61 Å². The summed E-state index contributed by atoms with van der Waals surface area (Å²) in [5, 5.41) is 2.39. The first-order valence-corrected chi connectivity index (χ1v) is 6.20. The predicted octanol–water partition coefficient (Wildman–Crippen LogP) is 1.16. The van der Waals surface area contributed by atoms with Gasteiger partial charge < -0.3 is 24.3 Å². The average molecular weight is 275 g/mol. The first-order chi connectivity index (χ1) is 8.73. The molecule has 1 heterocycles. The van der Waals surface area contributed by atoms with Crippen LogP contribution in [0.3, 0.4) is 0 Å². The van der Waals surface area contributed by atoms with Crippen LogP contribution in [0.15, 0.2) is 0 Å². The van der Waals surface area contributed by atoms with Crippen molar-refractivity contribution in [2.45, 2.75) is 58.8 Å². The van der Waals surface area contributed by atoms with Gasteiger partial charge >= 0.3 is 12.1 Å². The molecule has 1 fully saturated rings. The van der Waals surface area contributed by atoms with Crippen LogP contribution in [0.2, 0.25) is 0 Å². The van der Waals surface area contributed by atoms with Gasteiger partial charge in [-0.15, -0.1) is 0 Å². The van der Waals surface area contributed by atoms with Gasteiger partial charge in [-0.05, 0) is 34.6 Å². The van der Waals surface area contributed by atoms with Crippen molar-refractivity contribution in [3.05, 3.63) is 0 Å². The molecular weight excluding hydrogens is 254 g/mol. The maximum atomic E-state index is 11.7. The number of nitrogens with one attached hydrogen (secondary N) is 1. The van der Waals surface area contributed by atoms with Crippen LogP contribution in [0.5, 0.6) is 0 Å². The van der Waals surface area contributed by atoms with E-state index >= 15 is 0 Å². The third-order valence-electron chi connectivity index (χ3n) is 2.14. The highest BCUT2D eigenvalue weighted by molar-refractivity contribution is 5.82. The normalized spacial score (nSPS) is 24.1. The Balaban J connectivity index is 2.59. The monoisotopic (exact) mass is 275 g/mol. The van der Waals surface area contributed by atoms with Crippen LogP contribution in [0.25, 0.3) is 0 Å². The number of amides is 1. The summed E-state index contributed by atoms with van der Waals surface area (Å²) in [7, 11) is 0. The Hall–Kier alpha value is -1.34. The van der Waals surface area contributed by atoms with Crippen LogP contribution in [-0.2, 0) is 23.7 Å². The maximum absolute atomic E-state index is 11.7. The molecule has 1 saturated heterocycles. The fraction of sp³-hybridized carbons (Fsp3) is 0.833. The van der Waals surface area contributed by atoms with Crippen molar-refractivity contribution in [1.29, 1.82) is 0 Å². The van der Waals surface area contributed by atoms with Crippen LogP contribution >= 0.6 is 0 Å². The van der Waals surface area contributed by atoms with E-state index < -0.39 is 36.3 Å². The van der Waals surface area contributed by atoms with E-state index in [2.05, 4.69) is 5.32 Å². The average Bonchev–Trinajstić information content (AvgIpc) is 2.19. The number of hydrogen-bond acceptors (Lipinski definition) is 6. The molecule has 1 rings (SSSR count). The van der Waals surface area contributed by atoms with Crippen LogP contribution in [0, 0.1) is 0 Å². The quantitative estimate of drug-likeness (QED) is 0.775. The Morgan fingerprint density at radius 2 is 1.89 bits per heavy atom. The molecule has 0 radical (unpaired) electrons. The molecular formula is C12H21NO6. The molecule has 0 spiro atoms. The summed E-state index contributed by atoms with van der Waals surface area (Å²) in [5.74, 6) is -0.620. The van der Waals surface area contributed by atoms with E-state index in [0.29, 0.717) is 0 Å². The number of carbonyl (C=O) groups is 2. The number of rotatable bonds is 4. The Labute approximate surface area is 112 Å². The molecule has 0 aromatic heterocycles. The summed E-state index contributed by atoms with van der Waals surface area (Å²) in [6, 6.07) is -1.04. The third kappa shape index (κ3) is 5.04. The van der Waals surface area contributed by atoms with Crippen molar-refractivity contribution in [1.82, 2.24) is 5.32 Å². The highest BCUT2D eigenvalue weighted by Crippen LogP contribution is 2.20. The molecule has 1 N–H and O–H groups in total. The second-order valence-electron chi connectivity index (χ2n) is 5.08. The minimum Gasteiger partial charge on any atom is -0.464 e. The van der Waals surface area contributed by atoms with Gasteiger partial charge in [-0.2, -0.15) is 0 Å². The third-order valence-corrected chi connectivity index (χ3v) is 2.14. The fourth-order valence-electron chi connectivity index (χ4n) is 1.45. The predicted molar refractivity (Wildman–Crippen MR) is 65.2 cm³/mol. The minimum absolute atomic E-state index is 0.202. The Kier molecular flexibility index (Phi) is 5.13. The number of esters is 1. The molecule has 19 heavy (non-hydrogen) atoms. The van der Waals surface area contributed by atoms with Crippen LogP contribution in [0.1, 0.15) is 34.6 Å². The van der Waals surface area contributed by atoms with E-state index in [-0.39, 0.29) is 6.61 Å². The highest BCUT2D eigenvalue weighted by atomic mass is 16.9. The van der Waals surface area contributed by atoms with Crippen molar-refractivity contribution in [3.8, 4) is 0 Å². The maximum Gasteiger partial charge on any atom is 0.408 e. The van der Waals surface area contributed by atoms with Gasteiger partial charge in [0.1, 0.15) is 5.60 Å².